The number of nitrogens with one attached hydrogen (secondary N) is 1. The van der Waals surface area contributed by atoms with Crippen LogP contribution < -0.4 is 5.32 Å². The summed E-state index contributed by atoms with van der Waals surface area (Å²) in [5.41, 5.74) is 0.221. The molecule has 0 aromatic carbocycles. The van der Waals surface area contributed by atoms with Crippen LogP contribution in [0.15, 0.2) is 12.7 Å². The lowest BCUT2D eigenvalue weighted by molar-refractivity contribution is -0.0242. The Hall–Kier alpha value is -0.340. The van der Waals surface area contributed by atoms with Gasteiger partial charge in [-0.15, -0.1) is 6.58 Å². The molecule has 2 rings (SSSR count). The third kappa shape index (κ3) is 3.41. The molecule has 0 aromatic rings. The number of piperidine rings is 1. The minimum atomic E-state index is -0.110. The van der Waals surface area contributed by atoms with Crippen molar-refractivity contribution in [3.63, 3.8) is 0 Å². The number of hydrogen-bond acceptors (Lipinski definition) is 2. The molecule has 1 aliphatic carbocycles. The summed E-state index contributed by atoms with van der Waals surface area (Å²) in [6.07, 6.45) is 13.9. The molecule has 2 aliphatic rings. The fraction of sp³-hybridized carbons (Fsp3) is 0.882. The van der Waals surface area contributed by atoms with Crippen LogP contribution in [-0.2, 0) is 0 Å². The molecule has 2 fully saturated rings. The quantitative estimate of drug-likeness (QED) is 0.741. The van der Waals surface area contributed by atoms with E-state index in [0.29, 0.717) is 12.0 Å². The molecule has 19 heavy (non-hydrogen) atoms. The van der Waals surface area contributed by atoms with E-state index in [1.54, 1.807) is 0 Å². The third-order valence-corrected chi connectivity index (χ3v) is 5.28. The van der Waals surface area contributed by atoms with Crippen LogP contribution in [0.5, 0.6) is 0 Å². The molecule has 1 aliphatic heterocycles. The van der Waals surface area contributed by atoms with E-state index in [-0.39, 0.29) is 11.6 Å². The van der Waals surface area contributed by atoms with E-state index in [1.165, 1.54) is 44.9 Å². The first-order valence-electron chi connectivity index (χ1n) is 8.28. The first-order valence-corrected chi connectivity index (χ1v) is 8.28. The zero-order valence-corrected chi connectivity index (χ0v) is 12.5. The maximum absolute atomic E-state index is 10.5. The van der Waals surface area contributed by atoms with Crippen molar-refractivity contribution < 1.29 is 5.11 Å². The van der Waals surface area contributed by atoms with Gasteiger partial charge in [0.1, 0.15) is 0 Å². The highest BCUT2D eigenvalue weighted by Gasteiger charge is 2.46. The monoisotopic (exact) mass is 265 g/mol. The van der Waals surface area contributed by atoms with Gasteiger partial charge in [-0.2, -0.15) is 0 Å². The Labute approximate surface area is 118 Å². The highest BCUT2D eigenvalue weighted by molar-refractivity contribution is 5.04. The number of rotatable bonds is 5. The van der Waals surface area contributed by atoms with Crippen LogP contribution in [0, 0.1) is 5.92 Å². The second-order valence-corrected chi connectivity index (χ2v) is 6.61. The van der Waals surface area contributed by atoms with E-state index in [9.17, 15) is 5.11 Å². The minimum Gasteiger partial charge on any atom is -0.393 e. The van der Waals surface area contributed by atoms with Crippen molar-refractivity contribution in [3.05, 3.63) is 12.7 Å². The van der Waals surface area contributed by atoms with Gasteiger partial charge in [0.15, 0.2) is 0 Å². The summed E-state index contributed by atoms with van der Waals surface area (Å²) in [5.74, 6) is 0.430. The molecule has 110 valence electrons. The Kier molecular flexibility index (Phi) is 5.47. The summed E-state index contributed by atoms with van der Waals surface area (Å²) in [5, 5.41) is 14.4. The predicted octanol–water partition coefficient (Wildman–Crippen LogP) is 3.79. The second kappa shape index (κ2) is 6.90. The second-order valence-electron chi connectivity index (χ2n) is 6.61. The van der Waals surface area contributed by atoms with E-state index >= 15 is 0 Å². The molecule has 0 bridgehead atoms. The molecule has 1 saturated heterocycles. The number of allylic oxidation sites excluding steroid dienone is 1. The molecule has 2 N–H and O–H groups in total. The van der Waals surface area contributed by atoms with Crippen LogP contribution >= 0.6 is 0 Å². The Morgan fingerprint density at radius 2 is 2.00 bits per heavy atom. The molecule has 2 heteroatoms. The van der Waals surface area contributed by atoms with Gasteiger partial charge < -0.3 is 10.4 Å². The van der Waals surface area contributed by atoms with Crippen molar-refractivity contribution >= 4 is 0 Å². The van der Waals surface area contributed by atoms with Gasteiger partial charge in [0.2, 0.25) is 0 Å². The molecule has 0 radical (unpaired) electrons. The molecule has 1 saturated carbocycles. The highest BCUT2D eigenvalue weighted by Crippen LogP contribution is 2.43. The van der Waals surface area contributed by atoms with E-state index in [0.717, 1.165) is 19.3 Å². The van der Waals surface area contributed by atoms with Crippen LogP contribution in [0.3, 0.4) is 0 Å². The average Bonchev–Trinajstić information content (AvgIpc) is 2.39. The van der Waals surface area contributed by atoms with Gasteiger partial charge in [0.05, 0.1) is 6.10 Å². The lowest BCUT2D eigenvalue weighted by atomic mass is 9.65. The molecule has 1 spiro atoms. The molecule has 4 atom stereocenters. The lowest BCUT2D eigenvalue weighted by Gasteiger charge is -2.52. The summed E-state index contributed by atoms with van der Waals surface area (Å²) in [6, 6.07) is 0.676. The largest absolute Gasteiger partial charge is 0.393 e. The molecular weight excluding hydrogens is 234 g/mol. The van der Waals surface area contributed by atoms with Crippen LogP contribution in [0.25, 0.3) is 0 Å². The Morgan fingerprint density at radius 3 is 2.68 bits per heavy atom. The van der Waals surface area contributed by atoms with Crippen molar-refractivity contribution in [3.8, 4) is 0 Å². The van der Waals surface area contributed by atoms with Crippen molar-refractivity contribution in [2.75, 3.05) is 0 Å². The SMILES string of the molecule is C=CCCC1C(O)CCCC12CCCC(CCC)N2. The molecule has 1 heterocycles. The molecule has 0 aromatic heterocycles. The topological polar surface area (TPSA) is 32.3 Å². The van der Waals surface area contributed by atoms with E-state index in [4.69, 9.17) is 0 Å². The predicted molar refractivity (Wildman–Crippen MR) is 81.2 cm³/mol. The van der Waals surface area contributed by atoms with Crippen LogP contribution in [0.2, 0.25) is 0 Å². The number of aliphatic hydroxyl groups is 1. The fourth-order valence-electron chi connectivity index (χ4n) is 4.42. The first-order chi connectivity index (χ1) is 9.22. The first kappa shape index (κ1) is 15.1. The van der Waals surface area contributed by atoms with Crippen LogP contribution in [0.1, 0.15) is 71.1 Å². The standard InChI is InChI=1S/C17H31NO/c1-3-5-10-15-16(19)11-7-13-17(15)12-6-9-14(18-17)8-4-2/h3,14-16,18-19H,1,4-13H2,2H3. The molecule has 2 nitrogen and oxygen atoms in total. The van der Waals surface area contributed by atoms with Crippen molar-refractivity contribution in [1.29, 1.82) is 0 Å². The van der Waals surface area contributed by atoms with E-state index < -0.39 is 0 Å². The number of aliphatic hydroxyl groups excluding tert-OH is 1. The Morgan fingerprint density at radius 1 is 1.26 bits per heavy atom. The third-order valence-electron chi connectivity index (χ3n) is 5.28. The highest BCUT2D eigenvalue weighted by atomic mass is 16.3. The van der Waals surface area contributed by atoms with Gasteiger partial charge in [0, 0.05) is 17.5 Å². The van der Waals surface area contributed by atoms with Gasteiger partial charge in [-0.05, 0) is 51.4 Å². The van der Waals surface area contributed by atoms with Gasteiger partial charge >= 0.3 is 0 Å². The minimum absolute atomic E-state index is 0.110. The zero-order chi connectivity index (χ0) is 13.7. The van der Waals surface area contributed by atoms with Crippen molar-refractivity contribution in [1.82, 2.24) is 5.32 Å². The summed E-state index contributed by atoms with van der Waals surface area (Å²) >= 11 is 0. The number of hydrogen-bond donors (Lipinski definition) is 2. The molecule has 4 unspecified atom stereocenters. The normalized spacial score (nSPS) is 39.4. The summed E-state index contributed by atoms with van der Waals surface area (Å²) in [4.78, 5) is 0. The average molecular weight is 265 g/mol. The maximum Gasteiger partial charge on any atom is 0.0586 e. The smallest absolute Gasteiger partial charge is 0.0586 e. The van der Waals surface area contributed by atoms with Crippen molar-refractivity contribution in [2.45, 2.75) is 88.8 Å². The Bertz CT molecular complexity index is 285. The lowest BCUT2D eigenvalue weighted by Crippen LogP contribution is -2.62. The van der Waals surface area contributed by atoms with Crippen LogP contribution in [0.4, 0.5) is 0 Å². The van der Waals surface area contributed by atoms with E-state index in [2.05, 4.69) is 18.8 Å². The molecule has 0 amide bonds. The fourth-order valence-corrected chi connectivity index (χ4v) is 4.42. The van der Waals surface area contributed by atoms with Crippen molar-refractivity contribution in [2.24, 2.45) is 5.92 Å². The summed E-state index contributed by atoms with van der Waals surface area (Å²) < 4.78 is 0. The molecular formula is C17H31NO. The van der Waals surface area contributed by atoms with Crippen LogP contribution in [-0.4, -0.2) is 22.8 Å². The Balaban J connectivity index is 2.09. The van der Waals surface area contributed by atoms with Gasteiger partial charge in [-0.3, -0.25) is 0 Å². The zero-order valence-electron chi connectivity index (χ0n) is 12.5. The summed E-state index contributed by atoms with van der Waals surface area (Å²) in [7, 11) is 0. The van der Waals surface area contributed by atoms with E-state index in [1.807, 2.05) is 6.08 Å². The summed E-state index contributed by atoms with van der Waals surface area (Å²) in [6.45, 7) is 6.12. The van der Waals surface area contributed by atoms with Gasteiger partial charge in [0.25, 0.3) is 0 Å². The maximum atomic E-state index is 10.5. The van der Waals surface area contributed by atoms with Gasteiger partial charge in [-0.25, -0.2) is 0 Å². The van der Waals surface area contributed by atoms with Gasteiger partial charge in [-0.1, -0.05) is 25.8 Å².